The number of thiophene rings is 1. The van der Waals surface area contributed by atoms with Crippen LogP contribution < -0.4 is 0 Å². The molecule has 0 fully saturated rings. The zero-order chi connectivity index (χ0) is 12.6. The minimum Gasteiger partial charge on any atom is -0.146 e. The SMILES string of the molecule is Cc1cc(C(Cl)c2ccc(Cl)cc2C)c(C)s1. The van der Waals surface area contributed by atoms with Gasteiger partial charge in [0.05, 0.1) is 5.38 Å². The molecule has 0 saturated heterocycles. The third-order valence-corrected chi connectivity index (χ3v) is 4.54. The normalized spacial score (nSPS) is 12.8. The molecule has 1 unspecified atom stereocenters. The molecule has 0 bridgehead atoms. The molecule has 0 spiro atoms. The smallest absolute Gasteiger partial charge is 0.0848 e. The Morgan fingerprint density at radius 3 is 2.29 bits per heavy atom. The van der Waals surface area contributed by atoms with E-state index in [1.165, 1.54) is 15.3 Å². The maximum absolute atomic E-state index is 6.57. The highest BCUT2D eigenvalue weighted by atomic mass is 35.5. The molecule has 0 N–H and O–H groups in total. The van der Waals surface area contributed by atoms with Crippen molar-refractivity contribution in [1.29, 1.82) is 0 Å². The third kappa shape index (κ3) is 2.67. The van der Waals surface area contributed by atoms with Crippen LogP contribution in [0.15, 0.2) is 24.3 Å². The minimum atomic E-state index is -0.0859. The first-order chi connectivity index (χ1) is 7.99. The van der Waals surface area contributed by atoms with E-state index in [1.54, 1.807) is 11.3 Å². The highest BCUT2D eigenvalue weighted by molar-refractivity contribution is 7.12. The van der Waals surface area contributed by atoms with Crippen molar-refractivity contribution in [3.8, 4) is 0 Å². The molecular weight excluding hydrogens is 271 g/mol. The lowest BCUT2D eigenvalue weighted by Gasteiger charge is -2.13. The Bertz CT molecular complexity index is 543. The number of hydrogen-bond donors (Lipinski definition) is 0. The Kier molecular flexibility index (Phi) is 3.82. The van der Waals surface area contributed by atoms with Crippen molar-refractivity contribution in [3.63, 3.8) is 0 Å². The second-order valence-electron chi connectivity index (χ2n) is 4.23. The molecule has 17 heavy (non-hydrogen) atoms. The Morgan fingerprint density at radius 1 is 1.06 bits per heavy atom. The van der Waals surface area contributed by atoms with Crippen molar-refractivity contribution in [1.82, 2.24) is 0 Å². The number of aryl methyl sites for hydroxylation is 3. The fourth-order valence-electron chi connectivity index (χ4n) is 1.99. The van der Waals surface area contributed by atoms with Crippen molar-refractivity contribution in [2.45, 2.75) is 26.1 Å². The van der Waals surface area contributed by atoms with Crippen molar-refractivity contribution in [3.05, 3.63) is 55.7 Å². The third-order valence-electron chi connectivity index (χ3n) is 2.86. The average molecular weight is 285 g/mol. The Balaban J connectivity index is 2.43. The molecule has 0 aliphatic rings. The standard InChI is InChI=1S/C14H14Cl2S/c1-8-6-11(15)4-5-12(8)14(16)13-7-9(2)17-10(13)3/h4-7,14H,1-3H3. The van der Waals surface area contributed by atoms with Gasteiger partial charge in [0.15, 0.2) is 0 Å². The summed E-state index contributed by atoms with van der Waals surface area (Å²) < 4.78 is 0. The van der Waals surface area contributed by atoms with Gasteiger partial charge in [-0.25, -0.2) is 0 Å². The molecule has 0 aliphatic heterocycles. The van der Waals surface area contributed by atoms with Gasteiger partial charge < -0.3 is 0 Å². The van der Waals surface area contributed by atoms with E-state index in [1.807, 2.05) is 25.1 Å². The molecule has 1 aromatic carbocycles. The zero-order valence-corrected chi connectivity index (χ0v) is 12.4. The maximum Gasteiger partial charge on any atom is 0.0848 e. The summed E-state index contributed by atoms with van der Waals surface area (Å²) in [7, 11) is 0. The van der Waals surface area contributed by atoms with Gasteiger partial charge in [-0.15, -0.1) is 22.9 Å². The van der Waals surface area contributed by atoms with E-state index < -0.39 is 0 Å². The summed E-state index contributed by atoms with van der Waals surface area (Å²) in [5.41, 5.74) is 3.48. The van der Waals surface area contributed by atoms with Gasteiger partial charge in [0, 0.05) is 14.8 Å². The molecule has 0 amide bonds. The summed E-state index contributed by atoms with van der Waals surface area (Å²) in [5.74, 6) is 0. The first-order valence-electron chi connectivity index (χ1n) is 5.46. The molecule has 2 rings (SSSR count). The van der Waals surface area contributed by atoms with Crippen LogP contribution in [0.3, 0.4) is 0 Å². The number of rotatable bonds is 2. The maximum atomic E-state index is 6.57. The molecule has 0 aliphatic carbocycles. The van der Waals surface area contributed by atoms with Crippen LogP contribution in [0.1, 0.15) is 31.8 Å². The first-order valence-corrected chi connectivity index (χ1v) is 7.09. The highest BCUT2D eigenvalue weighted by Gasteiger charge is 2.17. The second kappa shape index (κ2) is 5.01. The lowest BCUT2D eigenvalue weighted by Crippen LogP contribution is -1.96. The van der Waals surface area contributed by atoms with E-state index in [4.69, 9.17) is 23.2 Å². The van der Waals surface area contributed by atoms with Gasteiger partial charge >= 0.3 is 0 Å². The summed E-state index contributed by atoms with van der Waals surface area (Å²) in [4.78, 5) is 2.59. The average Bonchev–Trinajstić information content (AvgIpc) is 2.57. The highest BCUT2D eigenvalue weighted by Crippen LogP contribution is 2.37. The van der Waals surface area contributed by atoms with Crippen LogP contribution >= 0.6 is 34.5 Å². The number of alkyl halides is 1. The predicted octanol–water partition coefficient (Wildman–Crippen LogP) is 5.65. The van der Waals surface area contributed by atoms with Crippen LogP contribution in [0.25, 0.3) is 0 Å². The summed E-state index contributed by atoms with van der Waals surface area (Å²) in [5, 5.41) is 0.672. The topological polar surface area (TPSA) is 0 Å². The van der Waals surface area contributed by atoms with E-state index >= 15 is 0 Å². The number of halogens is 2. The zero-order valence-electron chi connectivity index (χ0n) is 10.1. The minimum absolute atomic E-state index is 0.0859. The molecule has 1 aromatic heterocycles. The van der Waals surface area contributed by atoms with Crippen molar-refractivity contribution < 1.29 is 0 Å². The van der Waals surface area contributed by atoms with Gasteiger partial charge in [-0.1, -0.05) is 17.7 Å². The van der Waals surface area contributed by atoms with Gasteiger partial charge in [0.1, 0.15) is 0 Å². The summed E-state index contributed by atoms with van der Waals surface area (Å²) >= 11 is 14.3. The lowest BCUT2D eigenvalue weighted by molar-refractivity contribution is 1.10. The van der Waals surface area contributed by atoms with Crippen molar-refractivity contribution >= 4 is 34.5 Å². The van der Waals surface area contributed by atoms with Gasteiger partial charge in [-0.2, -0.15) is 0 Å². The fourth-order valence-corrected chi connectivity index (χ4v) is 3.72. The molecule has 90 valence electrons. The quantitative estimate of drug-likeness (QED) is 0.625. The number of benzene rings is 1. The van der Waals surface area contributed by atoms with Crippen LogP contribution in [0, 0.1) is 20.8 Å². The monoisotopic (exact) mass is 284 g/mol. The molecule has 0 saturated carbocycles. The summed E-state index contributed by atoms with van der Waals surface area (Å²) in [6, 6.07) is 8.04. The van der Waals surface area contributed by atoms with Crippen molar-refractivity contribution in [2.75, 3.05) is 0 Å². The van der Waals surface area contributed by atoms with Crippen LogP contribution in [-0.4, -0.2) is 0 Å². The molecule has 2 aromatic rings. The van der Waals surface area contributed by atoms with Crippen LogP contribution in [0.2, 0.25) is 5.02 Å². The van der Waals surface area contributed by atoms with E-state index in [0.717, 1.165) is 16.1 Å². The molecule has 1 heterocycles. The van der Waals surface area contributed by atoms with Gasteiger partial charge in [0.2, 0.25) is 0 Å². The Morgan fingerprint density at radius 2 is 1.76 bits per heavy atom. The van der Waals surface area contributed by atoms with Crippen LogP contribution in [0.5, 0.6) is 0 Å². The van der Waals surface area contributed by atoms with E-state index in [9.17, 15) is 0 Å². The Hall–Kier alpha value is -0.500. The van der Waals surface area contributed by atoms with Crippen LogP contribution in [0.4, 0.5) is 0 Å². The molecular formula is C14H14Cl2S. The summed E-state index contributed by atoms with van der Waals surface area (Å²) in [6.07, 6.45) is 0. The van der Waals surface area contributed by atoms with Gasteiger partial charge in [0.25, 0.3) is 0 Å². The first kappa shape index (κ1) is 12.9. The van der Waals surface area contributed by atoms with Gasteiger partial charge in [-0.05, 0) is 55.7 Å². The van der Waals surface area contributed by atoms with Crippen LogP contribution in [-0.2, 0) is 0 Å². The molecule has 3 heteroatoms. The lowest BCUT2D eigenvalue weighted by atomic mass is 10.0. The molecule has 0 nitrogen and oxygen atoms in total. The second-order valence-corrected chi connectivity index (χ2v) is 6.57. The largest absolute Gasteiger partial charge is 0.146 e. The predicted molar refractivity (Wildman–Crippen MR) is 77.7 cm³/mol. The summed E-state index contributed by atoms with van der Waals surface area (Å²) in [6.45, 7) is 6.28. The van der Waals surface area contributed by atoms with Gasteiger partial charge in [-0.3, -0.25) is 0 Å². The molecule has 1 atom stereocenters. The van der Waals surface area contributed by atoms with E-state index in [2.05, 4.69) is 19.9 Å². The molecule has 0 radical (unpaired) electrons. The number of hydrogen-bond acceptors (Lipinski definition) is 1. The van der Waals surface area contributed by atoms with E-state index in [-0.39, 0.29) is 5.38 Å². The van der Waals surface area contributed by atoms with Crippen molar-refractivity contribution in [2.24, 2.45) is 0 Å². The fraction of sp³-hybridized carbons (Fsp3) is 0.286. The Labute approximate surface area is 116 Å². The van der Waals surface area contributed by atoms with E-state index in [0.29, 0.717) is 0 Å².